The molecule has 0 spiro atoms. The Labute approximate surface area is 127 Å². The monoisotopic (exact) mass is 313 g/mol. The summed E-state index contributed by atoms with van der Waals surface area (Å²) in [5.74, 6) is -0.203. The van der Waals surface area contributed by atoms with Gasteiger partial charge in [-0.05, 0) is 26.2 Å². The summed E-state index contributed by atoms with van der Waals surface area (Å²) < 4.78 is 5.05. The van der Waals surface area contributed by atoms with E-state index in [1.54, 1.807) is 11.8 Å². The lowest BCUT2D eigenvalue weighted by Gasteiger charge is -2.34. The standard InChI is InChI=1S/C13H16ClN3O4/c1-2-21-13(18)10-5-3-4-6-16(10)12-11(17(19)20)7-9(14)8-15-12/h7-8,10H,2-6H2,1H3. The molecule has 0 radical (unpaired) electrons. The molecule has 1 aromatic heterocycles. The van der Waals surface area contributed by atoms with E-state index in [1.807, 2.05) is 0 Å². The van der Waals surface area contributed by atoms with Crippen molar-refractivity contribution in [3.8, 4) is 0 Å². The summed E-state index contributed by atoms with van der Waals surface area (Å²) in [6, 6.07) is 0.715. The molecule has 1 unspecified atom stereocenters. The van der Waals surface area contributed by atoms with Gasteiger partial charge < -0.3 is 9.64 Å². The highest BCUT2D eigenvalue weighted by Gasteiger charge is 2.34. The molecule has 21 heavy (non-hydrogen) atoms. The van der Waals surface area contributed by atoms with Crippen molar-refractivity contribution in [2.75, 3.05) is 18.1 Å². The molecule has 7 nitrogen and oxygen atoms in total. The predicted molar refractivity (Wildman–Crippen MR) is 77.5 cm³/mol. The highest BCUT2D eigenvalue weighted by atomic mass is 35.5. The van der Waals surface area contributed by atoms with E-state index in [0.29, 0.717) is 13.0 Å². The first-order valence-electron chi connectivity index (χ1n) is 6.77. The summed E-state index contributed by atoms with van der Waals surface area (Å²) in [7, 11) is 0. The minimum Gasteiger partial charge on any atom is -0.464 e. The minimum atomic E-state index is -0.537. The van der Waals surface area contributed by atoms with Crippen molar-refractivity contribution in [3.63, 3.8) is 0 Å². The van der Waals surface area contributed by atoms with Crippen molar-refractivity contribution in [2.24, 2.45) is 0 Å². The number of carbonyl (C=O) groups excluding carboxylic acids is 1. The molecule has 1 aliphatic heterocycles. The average molecular weight is 314 g/mol. The maximum absolute atomic E-state index is 12.0. The molecule has 2 rings (SSSR count). The van der Waals surface area contributed by atoms with Crippen molar-refractivity contribution in [3.05, 3.63) is 27.4 Å². The van der Waals surface area contributed by atoms with Crippen LogP contribution in [0, 0.1) is 10.1 Å². The molecule has 0 N–H and O–H groups in total. The van der Waals surface area contributed by atoms with Crippen LogP contribution in [0.15, 0.2) is 12.3 Å². The summed E-state index contributed by atoms with van der Waals surface area (Å²) in [4.78, 5) is 28.4. The van der Waals surface area contributed by atoms with E-state index < -0.39 is 11.0 Å². The first-order valence-corrected chi connectivity index (χ1v) is 7.15. The van der Waals surface area contributed by atoms with Crippen molar-refractivity contribution in [1.29, 1.82) is 0 Å². The van der Waals surface area contributed by atoms with Gasteiger partial charge in [-0.3, -0.25) is 10.1 Å². The SMILES string of the molecule is CCOC(=O)C1CCCCN1c1ncc(Cl)cc1[N+](=O)[O-]. The molecular formula is C13H16ClN3O4. The molecule has 0 saturated carbocycles. The summed E-state index contributed by atoms with van der Waals surface area (Å²) >= 11 is 5.77. The van der Waals surface area contributed by atoms with E-state index in [0.717, 1.165) is 12.8 Å². The number of rotatable bonds is 4. The third-order valence-corrected chi connectivity index (χ3v) is 3.55. The molecule has 0 amide bonds. The van der Waals surface area contributed by atoms with Crippen molar-refractivity contribution >= 4 is 29.1 Å². The smallest absolute Gasteiger partial charge is 0.328 e. The van der Waals surface area contributed by atoms with Gasteiger partial charge in [-0.15, -0.1) is 0 Å². The summed E-state index contributed by atoms with van der Waals surface area (Å²) in [5, 5.41) is 11.4. The Balaban J connectivity index is 2.37. The second-order valence-electron chi connectivity index (χ2n) is 4.71. The van der Waals surface area contributed by atoms with E-state index in [1.165, 1.54) is 12.3 Å². The maximum Gasteiger partial charge on any atom is 0.328 e. The number of anilines is 1. The molecule has 1 aromatic rings. The summed E-state index contributed by atoms with van der Waals surface area (Å²) in [6.07, 6.45) is 3.67. The Morgan fingerprint density at radius 1 is 1.62 bits per heavy atom. The normalized spacial score (nSPS) is 18.4. The number of nitrogens with zero attached hydrogens (tertiary/aromatic N) is 3. The van der Waals surface area contributed by atoms with Crippen molar-refractivity contribution < 1.29 is 14.5 Å². The number of carbonyl (C=O) groups is 1. The Morgan fingerprint density at radius 3 is 3.05 bits per heavy atom. The van der Waals surface area contributed by atoms with Gasteiger partial charge in [0.25, 0.3) is 0 Å². The zero-order valence-electron chi connectivity index (χ0n) is 11.6. The fourth-order valence-electron chi connectivity index (χ4n) is 2.45. The highest BCUT2D eigenvalue weighted by molar-refractivity contribution is 6.30. The zero-order chi connectivity index (χ0) is 15.4. The van der Waals surface area contributed by atoms with E-state index in [4.69, 9.17) is 16.3 Å². The molecule has 1 saturated heterocycles. The number of halogens is 1. The van der Waals surface area contributed by atoms with E-state index in [-0.39, 0.29) is 29.1 Å². The highest BCUT2D eigenvalue weighted by Crippen LogP contribution is 2.33. The number of nitro groups is 1. The molecule has 0 aliphatic carbocycles. The van der Waals surface area contributed by atoms with E-state index >= 15 is 0 Å². The van der Waals surface area contributed by atoms with Gasteiger partial charge in [0.1, 0.15) is 6.04 Å². The number of piperidine rings is 1. The molecule has 1 atom stereocenters. The van der Waals surface area contributed by atoms with E-state index in [2.05, 4.69) is 4.98 Å². The average Bonchev–Trinajstić information content (AvgIpc) is 2.47. The fraction of sp³-hybridized carbons (Fsp3) is 0.538. The van der Waals surface area contributed by atoms with Crippen LogP contribution in [-0.2, 0) is 9.53 Å². The topological polar surface area (TPSA) is 85.6 Å². The largest absolute Gasteiger partial charge is 0.464 e. The molecule has 1 aliphatic rings. The number of ether oxygens (including phenoxy) is 1. The van der Waals surface area contributed by atoms with Crippen molar-refractivity contribution in [1.82, 2.24) is 4.98 Å². The number of hydrogen-bond acceptors (Lipinski definition) is 6. The lowest BCUT2D eigenvalue weighted by atomic mass is 10.0. The Morgan fingerprint density at radius 2 is 2.38 bits per heavy atom. The van der Waals surface area contributed by atoms with Gasteiger partial charge in [0.2, 0.25) is 5.82 Å². The van der Waals surface area contributed by atoms with Crippen LogP contribution in [0.25, 0.3) is 0 Å². The van der Waals surface area contributed by atoms with E-state index in [9.17, 15) is 14.9 Å². The van der Waals surface area contributed by atoms with Crippen LogP contribution >= 0.6 is 11.6 Å². The van der Waals surface area contributed by atoms with Crippen LogP contribution in [0.5, 0.6) is 0 Å². The molecular weight excluding hydrogens is 298 g/mol. The molecule has 2 heterocycles. The third kappa shape index (κ3) is 3.41. The van der Waals surface area contributed by atoms with Crippen LogP contribution in [0.4, 0.5) is 11.5 Å². The van der Waals surface area contributed by atoms with Gasteiger partial charge in [-0.25, -0.2) is 9.78 Å². The maximum atomic E-state index is 12.0. The summed E-state index contributed by atoms with van der Waals surface area (Å²) in [6.45, 7) is 2.53. The van der Waals surface area contributed by atoms with Gasteiger partial charge in [-0.2, -0.15) is 0 Å². The number of esters is 1. The lowest BCUT2D eigenvalue weighted by molar-refractivity contribution is -0.384. The quantitative estimate of drug-likeness (QED) is 0.482. The van der Waals surface area contributed by atoms with Crippen LogP contribution in [0.1, 0.15) is 26.2 Å². The van der Waals surface area contributed by atoms with Crippen molar-refractivity contribution in [2.45, 2.75) is 32.2 Å². The lowest BCUT2D eigenvalue weighted by Crippen LogP contribution is -2.46. The number of hydrogen-bond donors (Lipinski definition) is 0. The Hall–Kier alpha value is -1.89. The van der Waals surface area contributed by atoms with Crippen LogP contribution in [0.3, 0.4) is 0 Å². The van der Waals surface area contributed by atoms with Gasteiger partial charge in [-0.1, -0.05) is 11.6 Å². The molecule has 8 heteroatoms. The van der Waals surface area contributed by atoms with Crippen LogP contribution in [0.2, 0.25) is 5.02 Å². The molecule has 1 fully saturated rings. The molecule has 0 bridgehead atoms. The van der Waals surface area contributed by atoms with Gasteiger partial charge in [0.15, 0.2) is 0 Å². The second kappa shape index (κ2) is 6.71. The number of pyridine rings is 1. The van der Waals surface area contributed by atoms with Gasteiger partial charge >= 0.3 is 11.7 Å². The van der Waals surface area contributed by atoms with Gasteiger partial charge in [0.05, 0.1) is 16.6 Å². The molecule has 114 valence electrons. The Bertz CT molecular complexity index is 552. The minimum absolute atomic E-state index is 0.169. The first kappa shape index (κ1) is 15.5. The first-order chi connectivity index (χ1) is 10.0. The second-order valence-corrected chi connectivity index (χ2v) is 5.15. The zero-order valence-corrected chi connectivity index (χ0v) is 12.4. The number of aromatic nitrogens is 1. The van der Waals surface area contributed by atoms with Crippen LogP contribution in [-0.4, -0.2) is 35.1 Å². The van der Waals surface area contributed by atoms with Crippen LogP contribution < -0.4 is 4.90 Å². The fourth-order valence-corrected chi connectivity index (χ4v) is 2.60. The predicted octanol–water partition coefficient (Wildman–Crippen LogP) is 2.57. The third-order valence-electron chi connectivity index (χ3n) is 3.34. The van der Waals surface area contributed by atoms with Gasteiger partial charge in [0, 0.05) is 18.8 Å². The molecule has 0 aromatic carbocycles. The Kier molecular flexibility index (Phi) is 4.95. The summed E-state index contributed by atoms with van der Waals surface area (Å²) in [5.41, 5.74) is -0.196.